The summed E-state index contributed by atoms with van der Waals surface area (Å²) in [6.07, 6.45) is 1.73. The van der Waals surface area contributed by atoms with Crippen molar-refractivity contribution in [3.8, 4) is 5.75 Å². The predicted octanol–water partition coefficient (Wildman–Crippen LogP) is 2.98. The van der Waals surface area contributed by atoms with E-state index in [2.05, 4.69) is 19.2 Å². The van der Waals surface area contributed by atoms with Crippen molar-refractivity contribution in [2.45, 2.75) is 46.1 Å². The number of nitrogens with two attached hydrogens (primary N) is 1. The number of anilines is 1. The van der Waals surface area contributed by atoms with Crippen LogP contribution in [0.1, 0.15) is 50.9 Å². The number of nitrogens with one attached hydrogen (secondary N) is 1. The molecule has 19 heavy (non-hydrogen) atoms. The minimum Gasteiger partial charge on any atom is -0.493 e. The zero-order chi connectivity index (χ0) is 14.5. The Morgan fingerprint density at radius 2 is 1.95 bits per heavy atom. The van der Waals surface area contributed by atoms with Crippen LogP contribution in [0, 0.1) is 0 Å². The zero-order valence-electron chi connectivity index (χ0n) is 12.2. The number of carbonyl (C=O) groups is 1. The van der Waals surface area contributed by atoms with Crippen LogP contribution in [0.15, 0.2) is 18.2 Å². The van der Waals surface area contributed by atoms with Gasteiger partial charge in [-0.25, -0.2) is 0 Å². The molecule has 1 rings (SSSR count). The lowest BCUT2D eigenvalue weighted by Crippen LogP contribution is -2.45. The topological polar surface area (TPSA) is 64.3 Å². The summed E-state index contributed by atoms with van der Waals surface area (Å²) in [5.74, 6) is 0.363. The molecule has 0 radical (unpaired) electrons. The Morgan fingerprint density at radius 1 is 1.32 bits per heavy atom. The van der Waals surface area contributed by atoms with E-state index >= 15 is 0 Å². The van der Waals surface area contributed by atoms with Gasteiger partial charge in [-0.15, -0.1) is 0 Å². The number of ether oxygens (including phenoxy) is 1. The first-order chi connectivity index (χ1) is 8.97. The van der Waals surface area contributed by atoms with E-state index in [1.54, 1.807) is 18.2 Å². The van der Waals surface area contributed by atoms with E-state index in [1.807, 2.05) is 13.8 Å². The Kier molecular flexibility index (Phi) is 5.21. The van der Waals surface area contributed by atoms with Crippen molar-refractivity contribution in [1.29, 1.82) is 0 Å². The van der Waals surface area contributed by atoms with Crippen LogP contribution in [-0.2, 0) is 0 Å². The average molecular weight is 264 g/mol. The highest BCUT2D eigenvalue weighted by atomic mass is 16.5. The van der Waals surface area contributed by atoms with Crippen LogP contribution in [0.4, 0.5) is 5.69 Å². The molecular weight excluding hydrogens is 240 g/mol. The molecule has 3 N–H and O–H groups in total. The molecule has 0 heterocycles. The van der Waals surface area contributed by atoms with Crippen LogP contribution in [0.3, 0.4) is 0 Å². The van der Waals surface area contributed by atoms with E-state index in [0.29, 0.717) is 23.6 Å². The normalized spacial score (nSPS) is 11.2. The fourth-order valence-corrected chi connectivity index (χ4v) is 1.83. The number of benzene rings is 1. The van der Waals surface area contributed by atoms with Gasteiger partial charge in [0.1, 0.15) is 11.3 Å². The van der Waals surface area contributed by atoms with E-state index in [-0.39, 0.29) is 11.4 Å². The van der Waals surface area contributed by atoms with Crippen molar-refractivity contribution in [2.24, 2.45) is 0 Å². The molecule has 0 bridgehead atoms. The fourth-order valence-electron chi connectivity index (χ4n) is 1.83. The lowest BCUT2D eigenvalue weighted by Gasteiger charge is -2.28. The van der Waals surface area contributed by atoms with Gasteiger partial charge in [0.05, 0.1) is 6.61 Å². The summed E-state index contributed by atoms with van der Waals surface area (Å²) in [5.41, 5.74) is 6.56. The van der Waals surface area contributed by atoms with Gasteiger partial charge in [0.25, 0.3) is 5.91 Å². The Bertz CT molecular complexity index is 440. The highest BCUT2D eigenvalue weighted by Crippen LogP contribution is 2.26. The maximum absolute atomic E-state index is 12.4. The first-order valence-electron chi connectivity index (χ1n) is 6.81. The van der Waals surface area contributed by atoms with Crippen molar-refractivity contribution in [3.05, 3.63) is 23.8 Å². The van der Waals surface area contributed by atoms with E-state index in [4.69, 9.17) is 10.5 Å². The molecule has 0 aliphatic carbocycles. The van der Waals surface area contributed by atoms with Crippen molar-refractivity contribution >= 4 is 11.6 Å². The van der Waals surface area contributed by atoms with Crippen molar-refractivity contribution in [3.63, 3.8) is 0 Å². The quantitative estimate of drug-likeness (QED) is 0.776. The molecule has 0 aromatic heterocycles. The van der Waals surface area contributed by atoms with Gasteiger partial charge < -0.3 is 15.8 Å². The largest absolute Gasteiger partial charge is 0.493 e. The molecule has 0 aliphatic heterocycles. The molecular formula is C15H24N2O2. The maximum Gasteiger partial charge on any atom is 0.257 e. The summed E-state index contributed by atoms with van der Waals surface area (Å²) in [6.45, 7) is 8.53. The van der Waals surface area contributed by atoms with Gasteiger partial charge in [0, 0.05) is 11.2 Å². The molecule has 0 fully saturated rings. The van der Waals surface area contributed by atoms with Gasteiger partial charge in [-0.2, -0.15) is 0 Å². The molecule has 0 aliphatic rings. The lowest BCUT2D eigenvalue weighted by atomic mass is 9.95. The third-order valence-electron chi connectivity index (χ3n) is 3.56. The highest BCUT2D eigenvalue weighted by molar-refractivity contribution is 6.02. The molecule has 1 amide bonds. The van der Waals surface area contributed by atoms with Gasteiger partial charge in [-0.05, 0) is 38.8 Å². The van der Waals surface area contributed by atoms with Crippen LogP contribution in [-0.4, -0.2) is 18.1 Å². The number of hydrogen-bond acceptors (Lipinski definition) is 3. The van der Waals surface area contributed by atoms with E-state index in [1.165, 1.54) is 0 Å². The molecule has 106 valence electrons. The van der Waals surface area contributed by atoms with Gasteiger partial charge in [0.15, 0.2) is 0 Å². The van der Waals surface area contributed by atoms with Gasteiger partial charge in [-0.1, -0.05) is 19.9 Å². The monoisotopic (exact) mass is 264 g/mol. The number of nitrogen functional groups attached to an aromatic ring is 1. The molecule has 0 saturated carbocycles. The zero-order valence-corrected chi connectivity index (χ0v) is 12.2. The number of carbonyl (C=O) groups excluding carboxylic acids is 1. The molecule has 1 aromatic rings. The summed E-state index contributed by atoms with van der Waals surface area (Å²) in [5, 5.41) is 3.05. The van der Waals surface area contributed by atoms with Crippen molar-refractivity contribution < 1.29 is 9.53 Å². The lowest BCUT2D eigenvalue weighted by molar-refractivity contribution is 0.0898. The summed E-state index contributed by atoms with van der Waals surface area (Å²) >= 11 is 0. The highest BCUT2D eigenvalue weighted by Gasteiger charge is 2.25. The Labute approximate surface area is 115 Å². The average Bonchev–Trinajstić information content (AvgIpc) is 2.39. The molecule has 0 atom stereocenters. The second-order valence-corrected chi connectivity index (χ2v) is 4.88. The second kappa shape index (κ2) is 6.45. The minimum absolute atomic E-state index is 0.173. The first-order valence-corrected chi connectivity index (χ1v) is 6.81. The first kappa shape index (κ1) is 15.3. The van der Waals surface area contributed by atoms with Crippen LogP contribution in [0.25, 0.3) is 0 Å². The third-order valence-corrected chi connectivity index (χ3v) is 3.56. The van der Waals surface area contributed by atoms with E-state index < -0.39 is 0 Å². The summed E-state index contributed by atoms with van der Waals surface area (Å²) < 4.78 is 5.48. The molecule has 4 heteroatoms. The van der Waals surface area contributed by atoms with Crippen LogP contribution < -0.4 is 15.8 Å². The van der Waals surface area contributed by atoms with E-state index in [9.17, 15) is 4.79 Å². The van der Waals surface area contributed by atoms with Gasteiger partial charge >= 0.3 is 0 Å². The minimum atomic E-state index is -0.219. The smallest absolute Gasteiger partial charge is 0.257 e. The van der Waals surface area contributed by atoms with Crippen LogP contribution >= 0.6 is 0 Å². The molecule has 0 unspecified atom stereocenters. The maximum atomic E-state index is 12.4. The Hall–Kier alpha value is -1.71. The van der Waals surface area contributed by atoms with Crippen molar-refractivity contribution in [2.75, 3.05) is 12.3 Å². The number of hydrogen-bond donors (Lipinski definition) is 2. The van der Waals surface area contributed by atoms with E-state index in [0.717, 1.165) is 12.8 Å². The molecule has 0 saturated heterocycles. The van der Waals surface area contributed by atoms with Gasteiger partial charge in [-0.3, -0.25) is 4.79 Å². The molecule has 0 spiro atoms. The SMILES string of the molecule is CCOc1cccc(N)c1C(=O)NC(C)(CC)CC. The number of amides is 1. The van der Waals surface area contributed by atoms with Crippen molar-refractivity contribution in [1.82, 2.24) is 5.32 Å². The molecule has 4 nitrogen and oxygen atoms in total. The molecule has 1 aromatic carbocycles. The Morgan fingerprint density at radius 3 is 2.47 bits per heavy atom. The predicted molar refractivity (Wildman–Crippen MR) is 78.5 cm³/mol. The van der Waals surface area contributed by atoms with Crippen LogP contribution in [0.5, 0.6) is 5.75 Å². The summed E-state index contributed by atoms with van der Waals surface area (Å²) in [4.78, 5) is 12.4. The number of rotatable bonds is 6. The van der Waals surface area contributed by atoms with Crippen LogP contribution in [0.2, 0.25) is 0 Å². The van der Waals surface area contributed by atoms with Gasteiger partial charge in [0.2, 0.25) is 0 Å². The second-order valence-electron chi connectivity index (χ2n) is 4.88. The summed E-state index contributed by atoms with van der Waals surface area (Å²) in [7, 11) is 0. The fraction of sp³-hybridized carbons (Fsp3) is 0.533. The third kappa shape index (κ3) is 3.63. The summed E-state index contributed by atoms with van der Waals surface area (Å²) in [6, 6.07) is 5.27. The standard InChI is InChI=1S/C15H24N2O2/c1-5-15(4,6-2)17-14(18)13-11(16)9-8-10-12(13)19-7-3/h8-10H,5-7,16H2,1-4H3,(H,17,18). The Balaban J connectivity index is 3.05.